The van der Waals surface area contributed by atoms with Crippen LogP contribution in [0.3, 0.4) is 0 Å². The van der Waals surface area contributed by atoms with E-state index in [0.717, 1.165) is 16.6 Å². The van der Waals surface area contributed by atoms with Crippen LogP contribution in [0.5, 0.6) is 0 Å². The summed E-state index contributed by atoms with van der Waals surface area (Å²) in [5.41, 5.74) is 2.13. The van der Waals surface area contributed by atoms with Gasteiger partial charge >= 0.3 is 0 Å². The van der Waals surface area contributed by atoms with E-state index in [1.807, 2.05) is 33.8 Å². The Morgan fingerprint density at radius 3 is 2.65 bits per heavy atom. The van der Waals surface area contributed by atoms with Gasteiger partial charge in [0.1, 0.15) is 11.4 Å². The van der Waals surface area contributed by atoms with Crippen molar-refractivity contribution in [3.8, 4) is 0 Å². The fourth-order valence-electron chi connectivity index (χ4n) is 2.13. The predicted molar refractivity (Wildman–Crippen MR) is 81.0 cm³/mol. The Bertz CT molecular complexity index is 627. The van der Waals surface area contributed by atoms with Crippen molar-refractivity contribution < 1.29 is 4.79 Å². The highest BCUT2D eigenvalue weighted by Crippen LogP contribution is 2.23. The van der Waals surface area contributed by atoms with Crippen molar-refractivity contribution in [2.45, 2.75) is 46.7 Å². The lowest BCUT2D eigenvalue weighted by atomic mass is 10.2. The first kappa shape index (κ1) is 15.0. The van der Waals surface area contributed by atoms with Crippen LogP contribution in [0.25, 0.3) is 0 Å². The first-order chi connectivity index (χ1) is 9.49. The Morgan fingerprint density at radius 1 is 1.40 bits per heavy atom. The molecule has 0 spiro atoms. The Hall–Kier alpha value is -1.43. The van der Waals surface area contributed by atoms with E-state index >= 15 is 0 Å². The van der Waals surface area contributed by atoms with Crippen LogP contribution in [0.4, 0.5) is 0 Å². The molecule has 0 saturated heterocycles. The first-order valence-corrected chi connectivity index (χ1v) is 7.63. The summed E-state index contributed by atoms with van der Waals surface area (Å²) in [6.45, 7) is 8.70. The lowest BCUT2D eigenvalue weighted by Gasteiger charge is -2.11. The first-order valence-electron chi connectivity index (χ1n) is 6.84. The van der Waals surface area contributed by atoms with Crippen LogP contribution in [-0.4, -0.2) is 25.3 Å². The van der Waals surface area contributed by atoms with E-state index in [4.69, 9.17) is 0 Å². The third-order valence-corrected chi connectivity index (χ3v) is 3.76. The Balaban J connectivity index is 2.51. The predicted octanol–water partition coefficient (Wildman–Crippen LogP) is 3.24. The summed E-state index contributed by atoms with van der Waals surface area (Å²) in [6.07, 6.45) is 2.48. The molecule has 0 unspecified atom stereocenters. The molecule has 0 radical (unpaired) electrons. The smallest absolute Gasteiger partial charge is 0.230 e. The van der Waals surface area contributed by atoms with Crippen molar-refractivity contribution >= 4 is 21.7 Å². The molecule has 0 bridgehead atoms. The van der Waals surface area contributed by atoms with Crippen molar-refractivity contribution in [3.05, 3.63) is 33.8 Å². The molecule has 2 heterocycles. The van der Waals surface area contributed by atoms with Gasteiger partial charge in [-0.25, -0.2) is 0 Å². The zero-order valence-corrected chi connectivity index (χ0v) is 13.8. The lowest BCUT2D eigenvalue weighted by molar-refractivity contribution is 0.101. The number of aryl methyl sites for hydroxylation is 2. The van der Waals surface area contributed by atoms with Crippen LogP contribution in [0.15, 0.2) is 16.7 Å². The molecule has 0 saturated carbocycles. The van der Waals surface area contributed by atoms with Gasteiger partial charge in [-0.2, -0.15) is 10.2 Å². The highest BCUT2D eigenvalue weighted by atomic mass is 79.9. The van der Waals surface area contributed by atoms with Gasteiger partial charge in [-0.1, -0.05) is 6.92 Å². The van der Waals surface area contributed by atoms with Crippen LogP contribution < -0.4 is 0 Å². The molecule has 0 amide bonds. The summed E-state index contributed by atoms with van der Waals surface area (Å²) in [6, 6.07) is 2.00. The van der Waals surface area contributed by atoms with E-state index in [1.165, 1.54) is 0 Å². The number of ketones is 1. The second-order valence-electron chi connectivity index (χ2n) is 4.90. The van der Waals surface area contributed by atoms with E-state index in [0.29, 0.717) is 17.9 Å². The van der Waals surface area contributed by atoms with E-state index in [1.54, 1.807) is 15.6 Å². The monoisotopic (exact) mass is 338 g/mol. The number of hydrogen-bond acceptors (Lipinski definition) is 3. The standard InChI is InChI=1S/C14H19BrN4O/c1-5-10-7-12(18(6-2)17-10)14(20)13-11(15)8-16-19(13)9(3)4/h7-9H,5-6H2,1-4H3. The number of nitrogens with zero attached hydrogens (tertiary/aromatic N) is 4. The van der Waals surface area contributed by atoms with Crippen LogP contribution in [-0.2, 0) is 13.0 Å². The van der Waals surface area contributed by atoms with Gasteiger partial charge in [0.15, 0.2) is 0 Å². The van der Waals surface area contributed by atoms with E-state index in [-0.39, 0.29) is 11.8 Å². The number of carbonyl (C=O) groups excluding carboxylic acids is 1. The highest BCUT2D eigenvalue weighted by molar-refractivity contribution is 9.10. The minimum Gasteiger partial charge on any atom is -0.285 e. The van der Waals surface area contributed by atoms with Gasteiger partial charge in [-0.15, -0.1) is 0 Å². The number of aromatic nitrogens is 4. The van der Waals surface area contributed by atoms with Gasteiger partial charge in [0.25, 0.3) is 0 Å². The fourth-order valence-corrected chi connectivity index (χ4v) is 2.59. The molecule has 6 heteroatoms. The van der Waals surface area contributed by atoms with Crippen LogP contribution in [0, 0.1) is 0 Å². The van der Waals surface area contributed by atoms with Gasteiger partial charge in [0.05, 0.1) is 16.4 Å². The van der Waals surface area contributed by atoms with Crippen molar-refractivity contribution in [2.24, 2.45) is 0 Å². The fraction of sp³-hybridized carbons (Fsp3) is 0.500. The summed E-state index contributed by atoms with van der Waals surface area (Å²) in [5, 5.41) is 8.70. The summed E-state index contributed by atoms with van der Waals surface area (Å²) in [5.74, 6) is -0.0443. The minimum atomic E-state index is -0.0443. The molecule has 0 aliphatic rings. The van der Waals surface area contributed by atoms with Gasteiger partial charge in [-0.05, 0) is 49.2 Å². The van der Waals surface area contributed by atoms with Crippen LogP contribution in [0.2, 0.25) is 0 Å². The van der Waals surface area contributed by atoms with Gasteiger partial charge in [-0.3, -0.25) is 14.2 Å². The minimum absolute atomic E-state index is 0.0443. The maximum absolute atomic E-state index is 12.8. The Labute approximate surface area is 127 Å². The van der Waals surface area contributed by atoms with E-state index in [9.17, 15) is 4.79 Å². The molecule has 2 rings (SSSR count). The lowest BCUT2D eigenvalue weighted by Crippen LogP contribution is -2.17. The second-order valence-corrected chi connectivity index (χ2v) is 5.75. The Kier molecular flexibility index (Phi) is 4.42. The number of hydrogen-bond donors (Lipinski definition) is 0. The molecule has 2 aromatic rings. The van der Waals surface area contributed by atoms with Crippen LogP contribution >= 0.6 is 15.9 Å². The molecule has 108 valence electrons. The Morgan fingerprint density at radius 2 is 2.10 bits per heavy atom. The largest absolute Gasteiger partial charge is 0.285 e. The maximum Gasteiger partial charge on any atom is 0.230 e. The molecular formula is C14H19BrN4O. The maximum atomic E-state index is 12.8. The van der Waals surface area contributed by atoms with Crippen molar-refractivity contribution in [1.82, 2.24) is 19.6 Å². The summed E-state index contributed by atoms with van der Waals surface area (Å²) >= 11 is 3.42. The van der Waals surface area contributed by atoms with E-state index < -0.39 is 0 Å². The molecule has 0 N–H and O–H groups in total. The number of halogens is 1. The average molecular weight is 339 g/mol. The van der Waals surface area contributed by atoms with Crippen molar-refractivity contribution in [2.75, 3.05) is 0 Å². The SMILES string of the molecule is CCc1cc(C(=O)c2c(Br)cnn2C(C)C)n(CC)n1. The molecule has 2 aromatic heterocycles. The quantitative estimate of drug-likeness (QED) is 0.786. The molecule has 5 nitrogen and oxygen atoms in total. The molecule has 0 aliphatic heterocycles. The van der Waals surface area contributed by atoms with Gasteiger partial charge in [0.2, 0.25) is 5.78 Å². The van der Waals surface area contributed by atoms with Crippen molar-refractivity contribution in [3.63, 3.8) is 0 Å². The third kappa shape index (κ3) is 2.57. The number of carbonyl (C=O) groups is 1. The van der Waals surface area contributed by atoms with E-state index in [2.05, 4.69) is 26.1 Å². The van der Waals surface area contributed by atoms with Gasteiger partial charge < -0.3 is 0 Å². The molecule has 0 fully saturated rings. The number of rotatable bonds is 5. The normalized spacial score (nSPS) is 11.3. The zero-order valence-electron chi connectivity index (χ0n) is 12.2. The summed E-state index contributed by atoms with van der Waals surface area (Å²) in [4.78, 5) is 12.8. The second kappa shape index (κ2) is 5.91. The molecular weight excluding hydrogens is 320 g/mol. The highest BCUT2D eigenvalue weighted by Gasteiger charge is 2.23. The average Bonchev–Trinajstić information content (AvgIpc) is 3.01. The molecule has 0 aliphatic carbocycles. The third-order valence-electron chi connectivity index (χ3n) is 3.18. The zero-order chi connectivity index (χ0) is 14.9. The summed E-state index contributed by atoms with van der Waals surface area (Å²) < 4.78 is 4.22. The van der Waals surface area contributed by atoms with Gasteiger partial charge in [0, 0.05) is 12.6 Å². The topological polar surface area (TPSA) is 52.7 Å². The molecule has 0 aromatic carbocycles. The molecule has 20 heavy (non-hydrogen) atoms. The van der Waals surface area contributed by atoms with Crippen LogP contribution in [0.1, 0.15) is 55.6 Å². The molecule has 0 atom stereocenters. The van der Waals surface area contributed by atoms with Crippen molar-refractivity contribution in [1.29, 1.82) is 0 Å². The summed E-state index contributed by atoms with van der Waals surface area (Å²) in [7, 11) is 0.